The number of para-hydroxylation sites is 1. The zero-order valence-corrected chi connectivity index (χ0v) is 11.7. The van der Waals surface area contributed by atoms with Gasteiger partial charge in [-0.25, -0.2) is 0 Å². The van der Waals surface area contributed by atoms with Gasteiger partial charge in [-0.1, -0.05) is 18.2 Å². The highest BCUT2D eigenvalue weighted by molar-refractivity contribution is 5.96. The number of likely N-dealkylation sites (tertiary alicyclic amines) is 1. The molecule has 1 aromatic rings. The summed E-state index contributed by atoms with van der Waals surface area (Å²) in [5, 5.41) is 0. The summed E-state index contributed by atoms with van der Waals surface area (Å²) in [6.07, 6.45) is 2.70. The molecule has 1 saturated heterocycles. The van der Waals surface area contributed by atoms with Gasteiger partial charge in [-0.05, 0) is 49.9 Å². The van der Waals surface area contributed by atoms with Crippen molar-refractivity contribution in [1.29, 1.82) is 0 Å². The SMILES string of the molecule is O=C(CN1CCC(CF)CC1)N1CCc2ccccc21. The second-order valence-corrected chi connectivity index (χ2v) is 5.80. The maximum absolute atomic E-state index is 12.6. The summed E-state index contributed by atoms with van der Waals surface area (Å²) < 4.78 is 12.6. The third-order valence-corrected chi connectivity index (χ3v) is 4.47. The van der Waals surface area contributed by atoms with E-state index in [1.165, 1.54) is 5.56 Å². The van der Waals surface area contributed by atoms with Crippen LogP contribution in [0, 0.1) is 5.92 Å². The van der Waals surface area contributed by atoms with Crippen molar-refractivity contribution in [3.05, 3.63) is 29.8 Å². The highest BCUT2D eigenvalue weighted by Crippen LogP contribution is 2.27. The molecule has 0 aliphatic carbocycles. The molecule has 0 N–H and O–H groups in total. The van der Waals surface area contributed by atoms with E-state index < -0.39 is 0 Å². The van der Waals surface area contributed by atoms with Gasteiger partial charge < -0.3 is 4.90 Å². The Labute approximate surface area is 119 Å². The molecule has 2 heterocycles. The first kappa shape index (κ1) is 13.6. The van der Waals surface area contributed by atoms with Crippen LogP contribution in [0.4, 0.5) is 10.1 Å². The molecule has 0 radical (unpaired) electrons. The van der Waals surface area contributed by atoms with Crippen molar-refractivity contribution in [3.8, 4) is 0 Å². The Morgan fingerprint density at radius 3 is 2.70 bits per heavy atom. The second kappa shape index (κ2) is 5.92. The number of benzene rings is 1. The molecule has 20 heavy (non-hydrogen) atoms. The van der Waals surface area contributed by atoms with Crippen LogP contribution < -0.4 is 4.90 Å². The van der Waals surface area contributed by atoms with E-state index in [2.05, 4.69) is 11.0 Å². The van der Waals surface area contributed by atoms with Gasteiger partial charge in [0.2, 0.25) is 5.91 Å². The molecule has 3 nitrogen and oxygen atoms in total. The second-order valence-electron chi connectivity index (χ2n) is 5.80. The summed E-state index contributed by atoms with van der Waals surface area (Å²) in [6, 6.07) is 8.12. The smallest absolute Gasteiger partial charge is 0.241 e. The van der Waals surface area contributed by atoms with Crippen molar-refractivity contribution in [2.24, 2.45) is 5.92 Å². The van der Waals surface area contributed by atoms with Crippen LogP contribution in [-0.2, 0) is 11.2 Å². The quantitative estimate of drug-likeness (QED) is 0.845. The lowest BCUT2D eigenvalue weighted by atomic mass is 9.98. The Kier molecular flexibility index (Phi) is 4.01. The maximum atomic E-state index is 12.6. The Balaban J connectivity index is 1.58. The summed E-state index contributed by atoms with van der Waals surface area (Å²) >= 11 is 0. The lowest BCUT2D eigenvalue weighted by Crippen LogP contribution is -2.43. The zero-order chi connectivity index (χ0) is 13.9. The van der Waals surface area contributed by atoms with Gasteiger partial charge in [-0.3, -0.25) is 14.1 Å². The molecule has 0 atom stereocenters. The lowest BCUT2D eigenvalue weighted by molar-refractivity contribution is -0.120. The van der Waals surface area contributed by atoms with Crippen LogP contribution in [0.5, 0.6) is 0 Å². The first-order chi connectivity index (χ1) is 9.78. The molecule has 1 fully saturated rings. The number of rotatable bonds is 3. The van der Waals surface area contributed by atoms with Crippen LogP contribution in [0.15, 0.2) is 24.3 Å². The van der Waals surface area contributed by atoms with Crippen molar-refractivity contribution < 1.29 is 9.18 Å². The number of nitrogens with zero attached hydrogens (tertiary/aromatic N) is 2. The first-order valence-electron chi connectivity index (χ1n) is 7.44. The molecule has 3 rings (SSSR count). The van der Waals surface area contributed by atoms with Gasteiger partial charge >= 0.3 is 0 Å². The molecule has 0 aromatic heterocycles. The van der Waals surface area contributed by atoms with E-state index in [4.69, 9.17) is 0 Å². The minimum atomic E-state index is -0.221. The Bertz CT molecular complexity index is 483. The van der Waals surface area contributed by atoms with Crippen LogP contribution in [-0.4, -0.2) is 43.7 Å². The number of carbonyl (C=O) groups is 1. The zero-order valence-electron chi connectivity index (χ0n) is 11.7. The molecular weight excluding hydrogens is 255 g/mol. The predicted molar refractivity (Wildman–Crippen MR) is 77.6 cm³/mol. The molecule has 0 saturated carbocycles. The Morgan fingerprint density at radius 1 is 1.20 bits per heavy atom. The number of carbonyl (C=O) groups excluding carboxylic acids is 1. The van der Waals surface area contributed by atoms with Crippen LogP contribution in [0.3, 0.4) is 0 Å². The number of alkyl halides is 1. The number of anilines is 1. The number of fused-ring (bicyclic) bond motifs is 1. The molecule has 2 aliphatic heterocycles. The molecule has 2 aliphatic rings. The average molecular weight is 276 g/mol. The van der Waals surface area contributed by atoms with Gasteiger partial charge in [-0.2, -0.15) is 0 Å². The maximum Gasteiger partial charge on any atom is 0.241 e. The number of halogens is 1. The van der Waals surface area contributed by atoms with Gasteiger partial charge in [0.1, 0.15) is 0 Å². The summed E-state index contributed by atoms with van der Waals surface area (Å²) in [6.45, 7) is 2.72. The van der Waals surface area contributed by atoms with Crippen LogP contribution in [0.1, 0.15) is 18.4 Å². The van der Waals surface area contributed by atoms with Crippen molar-refractivity contribution in [2.45, 2.75) is 19.3 Å². The minimum Gasteiger partial charge on any atom is -0.311 e. The largest absolute Gasteiger partial charge is 0.311 e. The average Bonchev–Trinajstić information content (AvgIpc) is 2.92. The molecule has 0 spiro atoms. The molecule has 4 heteroatoms. The van der Waals surface area contributed by atoms with Gasteiger partial charge in [-0.15, -0.1) is 0 Å². The third-order valence-electron chi connectivity index (χ3n) is 4.47. The van der Waals surface area contributed by atoms with E-state index in [-0.39, 0.29) is 18.5 Å². The highest BCUT2D eigenvalue weighted by Gasteiger charge is 2.27. The number of amides is 1. The fourth-order valence-electron chi connectivity index (χ4n) is 3.17. The Hall–Kier alpha value is -1.42. The molecule has 108 valence electrons. The normalized spacial score (nSPS) is 20.1. The van der Waals surface area contributed by atoms with E-state index in [0.717, 1.165) is 44.6 Å². The van der Waals surface area contributed by atoms with Gasteiger partial charge in [0, 0.05) is 12.2 Å². The standard InChI is InChI=1S/C16H21FN2O/c17-11-13-5-8-18(9-6-13)12-16(20)19-10-7-14-3-1-2-4-15(14)19/h1-4,13H,5-12H2. The van der Waals surface area contributed by atoms with E-state index >= 15 is 0 Å². The van der Waals surface area contributed by atoms with Crippen LogP contribution in [0.2, 0.25) is 0 Å². The first-order valence-corrected chi connectivity index (χ1v) is 7.44. The van der Waals surface area contributed by atoms with E-state index in [0.29, 0.717) is 6.54 Å². The van der Waals surface area contributed by atoms with Crippen molar-refractivity contribution in [1.82, 2.24) is 4.90 Å². The topological polar surface area (TPSA) is 23.6 Å². The number of piperidine rings is 1. The highest BCUT2D eigenvalue weighted by atomic mass is 19.1. The molecule has 1 amide bonds. The molecule has 0 unspecified atom stereocenters. The van der Waals surface area contributed by atoms with E-state index in [1.807, 2.05) is 23.1 Å². The van der Waals surface area contributed by atoms with Gasteiger partial charge in [0.05, 0.1) is 13.2 Å². The fourth-order valence-corrected chi connectivity index (χ4v) is 3.17. The molecular formula is C16H21FN2O. The van der Waals surface area contributed by atoms with Crippen molar-refractivity contribution in [2.75, 3.05) is 37.8 Å². The van der Waals surface area contributed by atoms with Crippen molar-refractivity contribution >= 4 is 11.6 Å². The minimum absolute atomic E-state index is 0.175. The third kappa shape index (κ3) is 2.70. The summed E-state index contributed by atoms with van der Waals surface area (Å²) in [5.41, 5.74) is 2.33. The van der Waals surface area contributed by atoms with Gasteiger partial charge in [0.25, 0.3) is 0 Å². The summed E-state index contributed by atoms with van der Waals surface area (Å²) in [7, 11) is 0. The van der Waals surface area contributed by atoms with Crippen LogP contribution in [0.25, 0.3) is 0 Å². The van der Waals surface area contributed by atoms with Crippen molar-refractivity contribution in [3.63, 3.8) is 0 Å². The fraction of sp³-hybridized carbons (Fsp3) is 0.562. The van der Waals surface area contributed by atoms with Gasteiger partial charge in [0.15, 0.2) is 0 Å². The van der Waals surface area contributed by atoms with Crippen LogP contribution >= 0.6 is 0 Å². The number of hydrogen-bond acceptors (Lipinski definition) is 2. The van der Waals surface area contributed by atoms with E-state index in [9.17, 15) is 9.18 Å². The summed E-state index contributed by atoms with van der Waals surface area (Å²) in [5.74, 6) is 0.377. The molecule has 1 aromatic carbocycles. The van der Waals surface area contributed by atoms with E-state index in [1.54, 1.807) is 0 Å². The summed E-state index contributed by atoms with van der Waals surface area (Å²) in [4.78, 5) is 16.5. The predicted octanol–water partition coefficient (Wildman–Crippen LogP) is 2.26. The monoisotopic (exact) mass is 276 g/mol. The number of hydrogen-bond donors (Lipinski definition) is 0. The molecule has 0 bridgehead atoms. The lowest BCUT2D eigenvalue weighted by Gasteiger charge is -2.31. The Morgan fingerprint density at radius 2 is 1.95 bits per heavy atom.